The normalized spacial score (nSPS) is 25.0. The zero-order valence-electron chi connectivity index (χ0n) is 13.6. The third-order valence-corrected chi connectivity index (χ3v) is 4.19. The Morgan fingerprint density at radius 1 is 1.15 bits per heavy atom. The van der Waals surface area contributed by atoms with Gasteiger partial charge in [-0.15, -0.1) is 0 Å². The zero-order valence-corrected chi connectivity index (χ0v) is 13.6. The number of nitrogens with zero attached hydrogens (tertiary/aromatic N) is 1. The molecule has 1 N–H and O–H groups in total. The number of piperazine rings is 1. The molecule has 0 aromatic carbocycles. The van der Waals surface area contributed by atoms with E-state index in [1.807, 2.05) is 25.7 Å². The molecule has 4 heteroatoms. The second kappa shape index (κ2) is 7.65. The molecule has 20 heavy (non-hydrogen) atoms. The van der Waals surface area contributed by atoms with Gasteiger partial charge in [0.15, 0.2) is 0 Å². The molecular formula is C16H30N2O2. The molecular weight excluding hydrogens is 252 g/mol. The topological polar surface area (TPSA) is 49.4 Å². The predicted octanol–water partition coefficient (Wildman–Crippen LogP) is 2.72. The van der Waals surface area contributed by atoms with Gasteiger partial charge in [0, 0.05) is 6.04 Å². The van der Waals surface area contributed by atoms with E-state index < -0.39 is 0 Å². The Balaban J connectivity index is 2.94. The first-order valence-electron chi connectivity index (χ1n) is 8.06. The van der Waals surface area contributed by atoms with Crippen LogP contribution in [0.15, 0.2) is 0 Å². The van der Waals surface area contributed by atoms with E-state index in [1.54, 1.807) is 0 Å². The van der Waals surface area contributed by atoms with Gasteiger partial charge in [-0.25, -0.2) is 0 Å². The van der Waals surface area contributed by atoms with Crippen LogP contribution >= 0.6 is 0 Å². The Morgan fingerprint density at radius 2 is 1.80 bits per heavy atom. The summed E-state index contributed by atoms with van der Waals surface area (Å²) in [5, 5.41) is 2.87. The van der Waals surface area contributed by atoms with E-state index >= 15 is 0 Å². The van der Waals surface area contributed by atoms with Crippen molar-refractivity contribution >= 4 is 11.8 Å². The van der Waals surface area contributed by atoms with Crippen molar-refractivity contribution in [3.8, 4) is 0 Å². The van der Waals surface area contributed by atoms with E-state index in [-0.39, 0.29) is 35.9 Å². The van der Waals surface area contributed by atoms with Crippen LogP contribution in [0.5, 0.6) is 0 Å². The molecule has 1 aliphatic heterocycles. The minimum atomic E-state index is -0.361. The van der Waals surface area contributed by atoms with Crippen molar-refractivity contribution in [1.82, 2.24) is 10.2 Å². The molecule has 1 fully saturated rings. The van der Waals surface area contributed by atoms with E-state index in [2.05, 4.69) is 19.2 Å². The standard InChI is InChI=1S/C16H30N2O2/c1-6-8-10-13(9-7-2)18-12(5)15(19)17-14(11(3)4)16(18)20/h11-14H,6-10H2,1-5H3,(H,17,19). The van der Waals surface area contributed by atoms with Crippen LogP contribution in [0.1, 0.15) is 66.7 Å². The van der Waals surface area contributed by atoms with Gasteiger partial charge in [-0.3, -0.25) is 9.59 Å². The number of rotatable bonds is 7. The summed E-state index contributed by atoms with van der Waals surface area (Å²) in [7, 11) is 0. The highest BCUT2D eigenvalue weighted by atomic mass is 16.2. The fraction of sp³-hybridized carbons (Fsp3) is 0.875. The SMILES string of the molecule is CCCCC(CCC)N1C(=O)C(C(C)C)NC(=O)C1C. The van der Waals surface area contributed by atoms with Crippen molar-refractivity contribution in [3.63, 3.8) is 0 Å². The molecule has 1 aliphatic rings. The van der Waals surface area contributed by atoms with Crippen molar-refractivity contribution in [1.29, 1.82) is 0 Å². The molecule has 4 nitrogen and oxygen atoms in total. The maximum Gasteiger partial charge on any atom is 0.246 e. The average molecular weight is 282 g/mol. The Labute approximate surface area is 123 Å². The lowest BCUT2D eigenvalue weighted by atomic mass is 9.94. The molecule has 3 unspecified atom stereocenters. The van der Waals surface area contributed by atoms with Gasteiger partial charge in [0.25, 0.3) is 0 Å². The summed E-state index contributed by atoms with van der Waals surface area (Å²) in [6, 6.07) is -0.500. The van der Waals surface area contributed by atoms with Gasteiger partial charge >= 0.3 is 0 Å². The maximum absolute atomic E-state index is 12.7. The minimum Gasteiger partial charge on any atom is -0.342 e. The van der Waals surface area contributed by atoms with Crippen molar-refractivity contribution in [2.75, 3.05) is 0 Å². The molecule has 0 aromatic rings. The summed E-state index contributed by atoms with van der Waals surface area (Å²) in [6.07, 6.45) is 5.25. The van der Waals surface area contributed by atoms with E-state index in [0.717, 1.165) is 32.1 Å². The molecule has 0 spiro atoms. The summed E-state index contributed by atoms with van der Waals surface area (Å²) in [5.41, 5.74) is 0. The molecule has 0 bridgehead atoms. The highest BCUT2D eigenvalue weighted by Crippen LogP contribution is 2.23. The van der Waals surface area contributed by atoms with Gasteiger partial charge in [-0.2, -0.15) is 0 Å². The fourth-order valence-electron chi connectivity index (χ4n) is 2.96. The molecule has 0 aliphatic carbocycles. The molecule has 1 rings (SSSR count). The zero-order chi connectivity index (χ0) is 15.3. The summed E-state index contributed by atoms with van der Waals surface area (Å²) >= 11 is 0. The third kappa shape index (κ3) is 3.74. The van der Waals surface area contributed by atoms with Crippen LogP contribution in [0.3, 0.4) is 0 Å². The lowest BCUT2D eigenvalue weighted by Gasteiger charge is -2.43. The molecule has 0 aromatic heterocycles. The molecule has 1 saturated heterocycles. The number of hydrogen-bond donors (Lipinski definition) is 1. The second-order valence-corrected chi connectivity index (χ2v) is 6.24. The van der Waals surface area contributed by atoms with Crippen molar-refractivity contribution in [2.24, 2.45) is 5.92 Å². The highest BCUT2D eigenvalue weighted by molar-refractivity contribution is 5.97. The van der Waals surface area contributed by atoms with E-state index in [0.29, 0.717) is 0 Å². The first kappa shape index (κ1) is 17.0. The van der Waals surface area contributed by atoms with E-state index in [4.69, 9.17) is 0 Å². The van der Waals surface area contributed by atoms with Crippen LogP contribution in [-0.2, 0) is 9.59 Å². The van der Waals surface area contributed by atoms with Crippen LogP contribution < -0.4 is 5.32 Å². The lowest BCUT2D eigenvalue weighted by molar-refractivity contribution is -0.153. The van der Waals surface area contributed by atoms with Crippen molar-refractivity contribution in [3.05, 3.63) is 0 Å². The minimum absolute atomic E-state index is 0.0131. The predicted molar refractivity (Wildman–Crippen MR) is 81.3 cm³/mol. The third-order valence-electron chi connectivity index (χ3n) is 4.19. The fourth-order valence-corrected chi connectivity index (χ4v) is 2.96. The van der Waals surface area contributed by atoms with Crippen LogP contribution in [0.4, 0.5) is 0 Å². The Morgan fingerprint density at radius 3 is 2.30 bits per heavy atom. The Hall–Kier alpha value is -1.06. The number of nitrogens with one attached hydrogen (secondary N) is 1. The van der Waals surface area contributed by atoms with Crippen LogP contribution in [0.2, 0.25) is 0 Å². The number of unbranched alkanes of at least 4 members (excludes halogenated alkanes) is 1. The number of amides is 2. The second-order valence-electron chi connectivity index (χ2n) is 6.24. The first-order chi connectivity index (χ1) is 9.43. The van der Waals surface area contributed by atoms with Crippen LogP contribution in [0, 0.1) is 5.92 Å². The summed E-state index contributed by atoms with van der Waals surface area (Å²) in [5.74, 6) is 0.220. The Bertz CT molecular complexity index is 341. The van der Waals surface area contributed by atoms with Crippen molar-refractivity contribution in [2.45, 2.75) is 84.8 Å². The Kier molecular flexibility index (Phi) is 6.50. The van der Waals surface area contributed by atoms with Crippen LogP contribution in [-0.4, -0.2) is 34.8 Å². The van der Waals surface area contributed by atoms with Crippen LogP contribution in [0.25, 0.3) is 0 Å². The smallest absolute Gasteiger partial charge is 0.246 e. The van der Waals surface area contributed by atoms with Gasteiger partial charge in [-0.1, -0.05) is 47.0 Å². The lowest BCUT2D eigenvalue weighted by Crippen LogP contribution is -2.66. The molecule has 0 radical (unpaired) electrons. The van der Waals surface area contributed by atoms with Gasteiger partial charge in [-0.05, 0) is 25.7 Å². The summed E-state index contributed by atoms with van der Waals surface area (Å²) < 4.78 is 0. The van der Waals surface area contributed by atoms with E-state index in [9.17, 15) is 9.59 Å². The van der Waals surface area contributed by atoms with Gasteiger partial charge in [0.1, 0.15) is 12.1 Å². The molecule has 2 amide bonds. The number of carbonyl (C=O) groups is 2. The van der Waals surface area contributed by atoms with Gasteiger partial charge in [0.2, 0.25) is 11.8 Å². The monoisotopic (exact) mass is 282 g/mol. The van der Waals surface area contributed by atoms with Crippen molar-refractivity contribution < 1.29 is 9.59 Å². The number of carbonyl (C=O) groups excluding carboxylic acids is 2. The molecule has 116 valence electrons. The molecule has 3 atom stereocenters. The van der Waals surface area contributed by atoms with Gasteiger partial charge in [0.05, 0.1) is 0 Å². The first-order valence-corrected chi connectivity index (χ1v) is 8.06. The maximum atomic E-state index is 12.7. The van der Waals surface area contributed by atoms with E-state index in [1.165, 1.54) is 0 Å². The highest BCUT2D eigenvalue weighted by Gasteiger charge is 2.42. The molecule has 0 saturated carbocycles. The number of hydrogen-bond acceptors (Lipinski definition) is 2. The molecule has 1 heterocycles. The quantitative estimate of drug-likeness (QED) is 0.780. The van der Waals surface area contributed by atoms with Gasteiger partial charge < -0.3 is 10.2 Å². The average Bonchev–Trinajstić information content (AvgIpc) is 2.39. The largest absolute Gasteiger partial charge is 0.342 e. The summed E-state index contributed by atoms with van der Waals surface area (Å²) in [6.45, 7) is 10.1. The summed E-state index contributed by atoms with van der Waals surface area (Å²) in [4.78, 5) is 26.7.